The lowest BCUT2D eigenvalue weighted by atomic mass is 10.0. The number of fused-ring (bicyclic) bond motifs is 1. The van der Waals surface area contributed by atoms with E-state index >= 15 is 0 Å². The Labute approximate surface area is 145 Å². The molecule has 4 rings (SSSR count). The number of anilines is 1. The summed E-state index contributed by atoms with van der Waals surface area (Å²) in [5.74, 6) is 2.00. The molecule has 130 valence electrons. The SMILES string of the molecule is CNc1cc(C(=O)N2CCc3c(nc(CC4CC4)[nH]c3=O)C2)ccn1. The molecule has 0 atom stereocenters. The molecule has 0 unspecified atom stereocenters. The second-order valence-electron chi connectivity index (χ2n) is 6.74. The van der Waals surface area contributed by atoms with Crippen molar-refractivity contribution in [1.82, 2.24) is 19.9 Å². The summed E-state index contributed by atoms with van der Waals surface area (Å²) in [4.78, 5) is 38.5. The van der Waals surface area contributed by atoms with Crippen LogP contribution in [0.25, 0.3) is 0 Å². The monoisotopic (exact) mass is 339 g/mol. The molecular weight excluding hydrogens is 318 g/mol. The fourth-order valence-electron chi connectivity index (χ4n) is 3.24. The van der Waals surface area contributed by atoms with Gasteiger partial charge in [-0.3, -0.25) is 9.59 Å². The van der Waals surface area contributed by atoms with Gasteiger partial charge in [-0.15, -0.1) is 0 Å². The zero-order valence-corrected chi connectivity index (χ0v) is 14.2. The summed E-state index contributed by atoms with van der Waals surface area (Å²) < 4.78 is 0. The highest BCUT2D eigenvalue weighted by Crippen LogP contribution is 2.31. The van der Waals surface area contributed by atoms with Crippen molar-refractivity contribution < 1.29 is 4.79 Å². The van der Waals surface area contributed by atoms with Gasteiger partial charge in [0.05, 0.1) is 12.2 Å². The van der Waals surface area contributed by atoms with E-state index in [1.54, 1.807) is 30.3 Å². The van der Waals surface area contributed by atoms with Crippen molar-refractivity contribution in [1.29, 1.82) is 0 Å². The Morgan fingerprint density at radius 3 is 3.04 bits per heavy atom. The van der Waals surface area contributed by atoms with Crippen molar-refractivity contribution in [2.75, 3.05) is 18.9 Å². The molecule has 7 nitrogen and oxygen atoms in total. The lowest BCUT2D eigenvalue weighted by Gasteiger charge is -2.28. The van der Waals surface area contributed by atoms with Crippen LogP contribution in [0.1, 0.15) is 40.3 Å². The van der Waals surface area contributed by atoms with Crippen molar-refractivity contribution in [3.63, 3.8) is 0 Å². The molecule has 2 N–H and O–H groups in total. The fraction of sp³-hybridized carbons (Fsp3) is 0.444. The number of amides is 1. The van der Waals surface area contributed by atoms with Crippen LogP contribution in [0.5, 0.6) is 0 Å². The van der Waals surface area contributed by atoms with Gasteiger partial charge in [-0.2, -0.15) is 0 Å². The highest BCUT2D eigenvalue weighted by Gasteiger charge is 2.27. The van der Waals surface area contributed by atoms with E-state index in [1.807, 2.05) is 0 Å². The number of hydrogen-bond donors (Lipinski definition) is 2. The van der Waals surface area contributed by atoms with Gasteiger partial charge in [0, 0.05) is 37.3 Å². The van der Waals surface area contributed by atoms with Gasteiger partial charge in [0.15, 0.2) is 0 Å². The van der Waals surface area contributed by atoms with Crippen LogP contribution >= 0.6 is 0 Å². The molecule has 0 bridgehead atoms. The van der Waals surface area contributed by atoms with Crippen molar-refractivity contribution in [2.24, 2.45) is 5.92 Å². The van der Waals surface area contributed by atoms with Crippen molar-refractivity contribution >= 4 is 11.7 Å². The number of aromatic amines is 1. The van der Waals surface area contributed by atoms with Crippen LogP contribution in [-0.4, -0.2) is 39.4 Å². The Hall–Kier alpha value is -2.70. The van der Waals surface area contributed by atoms with E-state index in [9.17, 15) is 9.59 Å². The Balaban J connectivity index is 1.57. The zero-order valence-electron chi connectivity index (χ0n) is 14.2. The van der Waals surface area contributed by atoms with Crippen LogP contribution < -0.4 is 10.9 Å². The summed E-state index contributed by atoms with van der Waals surface area (Å²) in [6.45, 7) is 0.905. The molecule has 0 aromatic carbocycles. The molecule has 1 fully saturated rings. The van der Waals surface area contributed by atoms with E-state index in [0.29, 0.717) is 42.4 Å². The maximum absolute atomic E-state index is 12.8. The summed E-state index contributed by atoms with van der Waals surface area (Å²) >= 11 is 0. The summed E-state index contributed by atoms with van der Waals surface area (Å²) in [6, 6.07) is 3.45. The van der Waals surface area contributed by atoms with Crippen LogP contribution in [0, 0.1) is 5.92 Å². The number of aromatic nitrogens is 3. The molecule has 0 saturated heterocycles. The summed E-state index contributed by atoms with van der Waals surface area (Å²) in [5, 5.41) is 2.94. The standard InChI is InChI=1S/C18H21N5O2/c1-19-15-9-12(4-6-20-15)18(25)23-7-5-13-14(10-23)21-16(22-17(13)24)8-11-2-3-11/h4,6,9,11H,2-3,5,7-8,10H2,1H3,(H,19,20)(H,21,22,24). The zero-order chi connectivity index (χ0) is 17.4. The van der Waals surface area contributed by atoms with Gasteiger partial charge in [-0.25, -0.2) is 9.97 Å². The molecule has 1 saturated carbocycles. The molecule has 3 heterocycles. The first-order valence-corrected chi connectivity index (χ1v) is 8.68. The number of pyridine rings is 1. The smallest absolute Gasteiger partial charge is 0.254 e. The number of nitrogens with zero attached hydrogens (tertiary/aromatic N) is 3. The quantitative estimate of drug-likeness (QED) is 0.878. The normalized spacial score (nSPS) is 16.4. The molecule has 2 aliphatic rings. The predicted molar refractivity (Wildman–Crippen MR) is 93.5 cm³/mol. The predicted octanol–water partition coefficient (Wildman–Crippen LogP) is 1.36. The van der Waals surface area contributed by atoms with Gasteiger partial charge in [0.25, 0.3) is 11.5 Å². The van der Waals surface area contributed by atoms with Gasteiger partial charge in [0.2, 0.25) is 0 Å². The number of H-pyrrole nitrogens is 1. The molecule has 0 radical (unpaired) electrons. The van der Waals surface area contributed by atoms with Gasteiger partial charge in [-0.1, -0.05) is 0 Å². The number of rotatable bonds is 4. The summed E-state index contributed by atoms with van der Waals surface area (Å²) in [7, 11) is 1.77. The number of carbonyl (C=O) groups is 1. The second-order valence-corrected chi connectivity index (χ2v) is 6.74. The Bertz CT molecular complexity index is 872. The molecule has 2 aromatic heterocycles. The molecule has 25 heavy (non-hydrogen) atoms. The van der Waals surface area contributed by atoms with Gasteiger partial charge in [-0.05, 0) is 37.3 Å². The van der Waals surface area contributed by atoms with Crippen LogP contribution in [0.15, 0.2) is 23.1 Å². The van der Waals surface area contributed by atoms with Crippen LogP contribution in [0.2, 0.25) is 0 Å². The molecule has 1 aliphatic heterocycles. The van der Waals surface area contributed by atoms with E-state index in [0.717, 1.165) is 17.9 Å². The minimum atomic E-state index is -0.0598. The van der Waals surface area contributed by atoms with Crippen molar-refractivity contribution in [3.05, 3.63) is 51.3 Å². The third-order valence-corrected chi connectivity index (χ3v) is 4.85. The minimum Gasteiger partial charge on any atom is -0.373 e. The average molecular weight is 339 g/mol. The highest BCUT2D eigenvalue weighted by atomic mass is 16.2. The molecule has 1 aliphatic carbocycles. The number of hydrogen-bond acceptors (Lipinski definition) is 5. The van der Waals surface area contributed by atoms with E-state index < -0.39 is 0 Å². The fourth-order valence-corrected chi connectivity index (χ4v) is 3.24. The largest absolute Gasteiger partial charge is 0.373 e. The molecule has 7 heteroatoms. The summed E-state index contributed by atoms with van der Waals surface area (Å²) in [6.07, 6.45) is 5.40. The lowest BCUT2D eigenvalue weighted by molar-refractivity contribution is 0.0731. The van der Waals surface area contributed by atoms with Gasteiger partial charge >= 0.3 is 0 Å². The molecule has 0 spiro atoms. The topological polar surface area (TPSA) is 91.0 Å². The first-order valence-electron chi connectivity index (χ1n) is 8.68. The van der Waals surface area contributed by atoms with E-state index in [4.69, 9.17) is 0 Å². The van der Waals surface area contributed by atoms with Crippen LogP contribution in [0.4, 0.5) is 5.82 Å². The number of carbonyl (C=O) groups excluding carboxylic acids is 1. The van der Waals surface area contributed by atoms with E-state index in [2.05, 4.69) is 20.3 Å². The van der Waals surface area contributed by atoms with Crippen LogP contribution in [-0.2, 0) is 19.4 Å². The van der Waals surface area contributed by atoms with Crippen molar-refractivity contribution in [3.8, 4) is 0 Å². The highest BCUT2D eigenvalue weighted by molar-refractivity contribution is 5.94. The molecule has 2 aromatic rings. The first-order chi connectivity index (χ1) is 12.1. The van der Waals surface area contributed by atoms with Gasteiger partial charge in [0.1, 0.15) is 11.6 Å². The van der Waals surface area contributed by atoms with E-state index in [-0.39, 0.29) is 11.5 Å². The number of nitrogens with one attached hydrogen (secondary N) is 2. The first kappa shape index (κ1) is 15.8. The maximum atomic E-state index is 12.8. The Morgan fingerprint density at radius 2 is 2.28 bits per heavy atom. The Morgan fingerprint density at radius 1 is 1.44 bits per heavy atom. The average Bonchev–Trinajstić information content (AvgIpc) is 3.44. The molecule has 1 amide bonds. The van der Waals surface area contributed by atoms with E-state index in [1.165, 1.54) is 12.8 Å². The minimum absolute atomic E-state index is 0.0471. The second kappa shape index (κ2) is 6.31. The van der Waals surface area contributed by atoms with Gasteiger partial charge < -0.3 is 15.2 Å². The third kappa shape index (κ3) is 3.26. The molecular formula is C18H21N5O2. The maximum Gasteiger partial charge on any atom is 0.254 e. The lowest BCUT2D eigenvalue weighted by Crippen LogP contribution is -2.39. The Kier molecular flexibility index (Phi) is 3.99. The van der Waals surface area contributed by atoms with Crippen LogP contribution in [0.3, 0.4) is 0 Å². The van der Waals surface area contributed by atoms with Crippen molar-refractivity contribution in [2.45, 2.75) is 32.2 Å². The summed E-state index contributed by atoms with van der Waals surface area (Å²) in [5.41, 5.74) is 2.00. The third-order valence-electron chi connectivity index (χ3n) is 4.85.